The fourth-order valence-electron chi connectivity index (χ4n) is 2.72. The zero-order chi connectivity index (χ0) is 14.8. The van der Waals surface area contributed by atoms with Gasteiger partial charge in [0.15, 0.2) is 5.84 Å². The van der Waals surface area contributed by atoms with Crippen LogP contribution in [0.15, 0.2) is 41.6 Å². The first-order chi connectivity index (χ1) is 10.2. The van der Waals surface area contributed by atoms with Crippen molar-refractivity contribution in [1.82, 2.24) is 9.88 Å². The lowest BCUT2D eigenvalue weighted by Gasteiger charge is -2.23. The Morgan fingerprint density at radius 3 is 2.95 bits per heavy atom. The van der Waals surface area contributed by atoms with Crippen LogP contribution in [0.1, 0.15) is 23.3 Å². The van der Waals surface area contributed by atoms with E-state index < -0.39 is 0 Å². The van der Waals surface area contributed by atoms with E-state index in [0.717, 1.165) is 17.3 Å². The monoisotopic (exact) mass is 284 g/mol. The van der Waals surface area contributed by atoms with Gasteiger partial charge in [0.25, 0.3) is 5.91 Å². The third-order valence-electron chi connectivity index (χ3n) is 3.79. The number of fused-ring (bicyclic) bond motifs is 1. The largest absolute Gasteiger partial charge is 0.409 e. The van der Waals surface area contributed by atoms with Crippen LogP contribution in [0.2, 0.25) is 0 Å². The van der Waals surface area contributed by atoms with Crippen molar-refractivity contribution in [3.63, 3.8) is 0 Å². The van der Waals surface area contributed by atoms with Crippen molar-refractivity contribution < 1.29 is 10.0 Å². The molecule has 2 aromatic rings. The summed E-state index contributed by atoms with van der Waals surface area (Å²) >= 11 is 0. The molecule has 0 aliphatic carbocycles. The van der Waals surface area contributed by atoms with Crippen molar-refractivity contribution in [3.05, 3.63) is 42.1 Å². The fraction of sp³-hybridized carbons (Fsp3) is 0.267. The van der Waals surface area contributed by atoms with Crippen molar-refractivity contribution in [1.29, 1.82) is 0 Å². The number of nitrogens with zero attached hydrogens (tertiary/aromatic N) is 3. The van der Waals surface area contributed by atoms with Crippen LogP contribution in [-0.2, 0) is 0 Å². The zero-order valence-corrected chi connectivity index (χ0v) is 11.4. The summed E-state index contributed by atoms with van der Waals surface area (Å²) in [6, 6.07) is 10.9. The first-order valence-electron chi connectivity index (χ1n) is 6.85. The SMILES string of the molecule is NC(=NO)C1CCCN1C(=O)c1ccc2ccccc2n1. The Kier molecular flexibility index (Phi) is 3.43. The Balaban J connectivity index is 1.92. The van der Waals surface area contributed by atoms with Crippen molar-refractivity contribution in [3.8, 4) is 0 Å². The van der Waals surface area contributed by atoms with Crippen LogP contribution in [0, 0.1) is 0 Å². The summed E-state index contributed by atoms with van der Waals surface area (Å²) in [7, 11) is 0. The minimum absolute atomic E-state index is 0.0710. The van der Waals surface area contributed by atoms with Crippen LogP contribution in [0.5, 0.6) is 0 Å². The Hall–Kier alpha value is -2.63. The summed E-state index contributed by atoms with van der Waals surface area (Å²) in [5, 5.41) is 12.8. The van der Waals surface area contributed by atoms with Gasteiger partial charge in [0.1, 0.15) is 5.69 Å². The second-order valence-electron chi connectivity index (χ2n) is 5.07. The highest BCUT2D eigenvalue weighted by atomic mass is 16.4. The summed E-state index contributed by atoms with van der Waals surface area (Å²) in [4.78, 5) is 18.6. The lowest BCUT2D eigenvalue weighted by molar-refractivity contribution is 0.0762. The average molecular weight is 284 g/mol. The quantitative estimate of drug-likeness (QED) is 0.379. The van der Waals surface area contributed by atoms with E-state index in [0.29, 0.717) is 18.7 Å². The number of aromatic nitrogens is 1. The van der Waals surface area contributed by atoms with Gasteiger partial charge in [-0.15, -0.1) is 0 Å². The molecule has 1 aromatic carbocycles. The van der Waals surface area contributed by atoms with E-state index >= 15 is 0 Å². The Morgan fingerprint density at radius 1 is 1.33 bits per heavy atom. The van der Waals surface area contributed by atoms with Crippen molar-refractivity contribution in [2.45, 2.75) is 18.9 Å². The molecule has 1 fully saturated rings. The lowest BCUT2D eigenvalue weighted by atomic mass is 10.1. The number of benzene rings is 1. The van der Waals surface area contributed by atoms with E-state index in [2.05, 4.69) is 10.1 Å². The second kappa shape index (κ2) is 5.40. The summed E-state index contributed by atoms with van der Waals surface area (Å²) in [5.41, 5.74) is 6.82. The first kappa shape index (κ1) is 13.4. The van der Waals surface area contributed by atoms with Crippen molar-refractivity contribution >= 4 is 22.6 Å². The van der Waals surface area contributed by atoms with Gasteiger partial charge in [0.2, 0.25) is 0 Å². The normalized spacial score (nSPS) is 19.1. The number of hydrogen-bond acceptors (Lipinski definition) is 4. The molecule has 1 aliphatic rings. The Morgan fingerprint density at radius 2 is 2.14 bits per heavy atom. The number of carbonyl (C=O) groups excluding carboxylic acids is 1. The zero-order valence-electron chi connectivity index (χ0n) is 11.4. The third-order valence-corrected chi connectivity index (χ3v) is 3.79. The summed E-state index contributed by atoms with van der Waals surface area (Å²) in [6.45, 7) is 0.591. The van der Waals surface area contributed by atoms with E-state index in [4.69, 9.17) is 10.9 Å². The maximum absolute atomic E-state index is 12.6. The standard InChI is InChI=1S/C15H16N4O2/c16-14(18-21)13-6-3-9-19(13)15(20)12-8-7-10-4-1-2-5-11(10)17-12/h1-2,4-5,7-8,13,21H,3,6,9H2,(H2,16,18). The predicted octanol–water partition coefficient (Wildman–Crippen LogP) is 1.59. The van der Waals surface area contributed by atoms with Crippen LogP contribution in [0.4, 0.5) is 0 Å². The molecule has 21 heavy (non-hydrogen) atoms. The van der Waals surface area contributed by atoms with Crippen LogP contribution in [0.3, 0.4) is 0 Å². The van der Waals surface area contributed by atoms with Gasteiger partial charge in [0.05, 0.1) is 11.6 Å². The third kappa shape index (κ3) is 2.40. The molecule has 6 nitrogen and oxygen atoms in total. The highest BCUT2D eigenvalue weighted by Gasteiger charge is 2.32. The minimum Gasteiger partial charge on any atom is -0.409 e. The molecule has 3 N–H and O–H groups in total. The molecule has 108 valence electrons. The van der Waals surface area contributed by atoms with Crippen LogP contribution in [-0.4, -0.2) is 39.4 Å². The van der Waals surface area contributed by atoms with E-state index in [1.165, 1.54) is 0 Å². The summed E-state index contributed by atoms with van der Waals surface area (Å²) in [6.07, 6.45) is 1.54. The number of carbonyl (C=O) groups is 1. The van der Waals surface area contributed by atoms with Gasteiger partial charge < -0.3 is 15.8 Å². The molecule has 2 heterocycles. The Labute approximate surface area is 121 Å². The van der Waals surface area contributed by atoms with E-state index in [1.54, 1.807) is 11.0 Å². The number of pyridine rings is 1. The topological polar surface area (TPSA) is 91.8 Å². The van der Waals surface area contributed by atoms with Gasteiger partial charge in [-0.2, -0.15) is 0 Å². The fourth-order valence-corrected chi connectivity index (χ4v) is 2.72. The number of oxime groups is 1. The van der Waals surface area contributed by atoms with Gasteiger partial charge in [-0.3, -0.25) is 4.79 Å². The maximum atomic E-state index is 12.6. The van der Waals surface area contributed by atoms with Crippen LogP contribution < -0.4 is 5.73 Å². The number of para-hydroxylation sites is 1. The minimum atomic E-state index is -0.351. The second-order valence-corrected chi connectivity index (χ2v) is 5.07. The number of rotatable bonds is 2. The molecule has 0 spiro atoms. The molecule has 1 aromatic heterocycles. The molecular weight excluding hydrogens is 268 g/mol. The molecule has 1 atom stereocenters. The maximum Gasteiger partial charge on any atom is 0.273 e. The predicted molar refractivity (Wildman–Crippen MR) is 79.2 cm³/mol. The molecule has 6 heteroatoms. The number of hydrogen-bond donors (Lipinski definition) is 2. The molecule has 0 bridgehead atoms. The molecular formula is C15H16N4O2. The lowest BCUT2D eigenvalue weighted by Crippen LogP contribution is -2.44. The molecule has 1 saturated heterocycles. The van der Waals surface area contributed by atoms with Crippen molar-refractivity contribution in [2.24, 2.45) is 10.9 Å². The smallest absolute Gasteiger partial charge is 0.273 e. The molecule has 1 amide bonds. The molecule has 1 unspecified atom stereocenters. The van der Waals surface area contributed by atoms with E-state index in [-0.39, 0.29) is 17.8 Å². The van der Waals surface area contributed by atoms with Crippen LogP contribution >= 0.6 is 0 Å². The molecule has 3 rings (SSSR count). The number of likely N-dealkylation sites (tertiary alicyclic amines) is 1. The molecule has 0 radical (unpaired) electrons. The summed E-state index contributed by atoms with van der Waals surface area (Å²) < 4.78 is 0. The highest BCUT2D eigenvalue weighted by Crippen LogP contribution is 2.21. The number of amides is 1. The Bertz CT molecular complexity index is 714. The van der Waals surface area contributed by atoms with Gasteiger partial charge >= 0.3 is 0 Å². The van der Waals surface area contributed by atoms with Gasteiger partial charge in [0, 0.05) is 11.9 Å². The van der Waals surface area contributed by atoms with E-state index in [9.17, 15) is 4.79 Å². The molecule has 0 saturated carbocycles. The highest BCUT2D eigenvalue weighted by molar-refractivity contribution is 5.98. The van der Waals surface area contributed by atoms with Crippen molar-refractivity contribution in [2.75, 3.05) is 6.54 Å². The van der Waals surface area contributed by atoms with Gasteiger partial charge in [-0.1, -0.05) is 29.4 Å². The van der Waals surface area contributed by atoms with E-state index in [1.807, 2.05) is 30.3 Å². The average Bonchev–Trinajstić information content (AvgIpc) is 3.02. The van der Waals surface area contributed by atoms with Crippen LogP contribution in [0.25, 0.3) is 10.9 Å². The summed E-state index contributed by atoms with van der Waals surface area (Å²) in [5.74, 6) is -0.114. The number of amidine groups is 1. The molecule has 1 aliphatic heterocycles. The first-order valence-corrected chi connectivity index (χ1v) is 6.85. The van der Waals surface area contributed by atoms with Gasteiger partial charge in [-0.25, -0.2) is 4.98 Å². The van der Waals surface area contributed by atoms with Gasteiger partial charge in [-0.05, 0) is 25.0 Å². The number of nitrogens with two attached hydrogens (primary N) is 1.